The third-order valence-electron chi connectivity index (χ3n) is 6.80. The van der Waals surface area contributed by atoms with E-state index in [-0.39, 0.29) is 5.88 Å². The van der Waals surface area contributed by atoms with Crippen molar-refractivity contribution in [3.63, 3.8) is 0 Å². The summed E-state index contributed by atoms with van der Waals surface area (Å²) in [6.07, 6.45) is 5.98. The molecule has 11 heteroatoms. The number of aromatic nitrogens is 3. The van der Waals surface area contributed by atoms with Crippen molar-refractivity contribution >= 4 is 51.0 Å². The third kappa shape index (κ3) is 6.63. The number of nitrogens with zero attached hydrogens (tertiary/aromatic N) is 4. The Labute approximate surface area is 245 Å². The van der Waals surface area contributed by atoms with E-state index >= 15 is 0 Å². The van der Waals surface area contributed by atoms with Crippen molar-refractivity contribution in [2.45, 2.75) is 19.3 Å². The number of rotatable bonds is 8. The molecular formula is C29H28BrClN6O3. The highest BCUT2D eigenvalue weighted by Crippen LogP contribution is 2.35. The highest BCUT2D eigenvalue weighted by Gasteiger charge is 2.24. The number of para-hydroxylation sites is 1. The maximum absolute atomic E-state index is 13.0. The number of halogens is 2. The molecule has 1 fully saturated rings. The van der Waals surface area contributed by atoms with Crippen molar-refractivity contribution in [3.05, 3.63) is 94.2 Å². The molecule has 0 unspecified atom stereocenters. The Kier molecular flexibility index (Phi) is 8.98. The summed E-state index contributed by atoms with van der Waals surface area (Å²) in [5.41, 5.74) is 2.17. The maximum atomic E-state index is 13.0. The second kappa shape index (κ2) is 13.0. The summed E-state index contributed by atoms with van der Waals surface area (Å²) in [4.78, 5) is 32.1. The molecule has 2 aromatic carbocycles. The molecule has 0 bridgehead atoms. The minimum Gasteiger partial charge on any atom is -0.388 e. The Balaban J connectivity index is 1.20. The van der Waals surface area contributed by atoms with Crippen LogP contribution in [0.3, 0.4) is 0 Å². The lowest BCUT2D eigenvalue weighted by Gasteiger charge is -2.33. The minimum atomic E-state index is -0.614. The zero-order valence-electron chi connectivity index (χ0n) is 21.6. The normalized spacial score (nSPS) is 13.6. The number of hydrogen-bond acceptors (Lipinski definition) is 6. The van der Waals surface area contributed by atoms with Crippen LogP contribution in [0.4, 0.5) is 16.3 Å². The third-order valence-corrected chi connectivity index (χ3v) is 7.85. The monoisotopic (exact) mass is 622 g/mol. The van der Waals surface area contributed by atoms with Crippen LogP contribution in [0.1, 0.15) is 29.6 Å². The molecule has 2 amide bonds. The number of carbonyl (C=O) groups is 2. The number of pyridine rings is 1. The van der Waals surface area contributed by atoms with Gasteiger partial charge in [-0.05, 0) is 77.5 Å². The maximum Gasteiger partial charge on any atom is 0.414 e. The van der Waals surface area contributed by atoms with Crippen LogP contribution >= 0.6 is 27.5 Å². The molecule has 40 heavy (non-hydrogen) atoms. The quantitative estimate of drug-likeness (QED) is 0.238. The fourth-order valence-corrected chi connectivity index (χ4v) is 5.31. The van der Waals surface area contributed by atoms with Gasteiger partial charge in [0.2, 0.25) is 0 Å². The van der Waals surface area contributed by atoms with E-state index in [1.54, 1.807) is 24.3 Å². The van der Waals surface area contributed by atoms with Gasteiger partial charge in [0.05, 0.1) is 16.3 Å². The van der Waals surface area contributed by atoms with Crippen LogP contribution < -0.4 is 20.3 Å². The molecule has 206 valence electrons. The van der Waals surface area contributed by atoms with Gasteiger partial charge in [-0.15, -0.1) is 5.10 Å². The Bertz CT molecular complexity index is 1460. The van der Waals surface area contributed by atoms with Crippen LogP contribution in [0.5, 0.6) is 5.88 Å². The van der Waals surface area contributed by atoms with Gasteiger partial charge in [-0.2, -0.15) is 0 Å². The summed E-state index contributed by atoms with van der Waals surface area (Å²) in [5, 5.41) is 10.4. The number of piperidine rings is 1. The van der Waals surface area contributed by atoms with Crippen molar-refractivity contribution < 1.29 is 14.3 Å². The molecule has 1 aliphatic rings. The number of benzene rings is 2. The average molecular weight is 624 g/mol. The minimum absolute atomic E-state index is 0.0291. The molecule has 9 nitrogen and oxygen atoms in total. The van der Waals surface area contributed by atoms with Crippen molar-refractivity contribution in [2.75, 3.05) is 29.9 Å². The zero-order chi connectivity index (χ0) is 27.9. The van der Waals surface area contributed by atoms with E-state index in [2.05, 4.69) is 41.5 Å². The van der Waals surface area contributed by atoms with Crippen LogP contribution in [-0.4, -0.2) is 46.4 Å². The predicted molar refractivity (Wildman–Crippen MR) is 158 cm³/mol. The topological polar surface area (TPSA) is 101 Å². The van der Waals surface area contributed by atoms with Gasteiger partial charge in [-0.25, -0.2) is 9.48 Å². The largest absolute Gasteiger partial charge is 0.414 e. The van der Waals surface area contributed by atoms with E-state index in [0.717, 1.165) is 32.4 Å². The molecule has 4 aromatic rings. The van der Waals surface area contributed by atoms with Crippen LogP contribution in [0.2, 0.25) is 5.02 Å². The van der Waals surface area contributed by atoms with Gasteiger partial charge in [0.15, 0.2) is 5.82 Å². The van der Waals surface area contributed by atoms with Crippen LogP contribution in [0.25, 0.3) is 5.69 Å². The molecule has 0 saturated carbocycles. The molecule has 0 radical (unpaired) electrons. The molecule has 5 rings (SSSR count). The fraction of sp³-hybridized carbons (Fsp3) is 0.241. The number of amides is 2. The van der Waals surface area contributed by atoms with E-state index in [0.29, 0.717) is 39.0 Å². The van der Waals surface area contributed by atoms with Gasteiger partial charge in [0.1, 0.15) is 4.47 Å². The van der Waals surface area contributed by atoms with Gasteiger partial charge < -0.3 is 20.3 Å². The van der Waals surface area contributed by atoms with Crippen LogP contribution in [0, 0.1) is 5.92 Å². The van der Waals surface area contributed by atoms with E-state index in [1.165, 1.54) is 10.4 Å². The van der Waals surface area contributed by atoms with E-state index in [1.807, 2.05) is 54.9 Å². The number of nitrogens with one attached hydrogen (secondary N) is 2. The van der Waals surface area contributed by atoms with E-state index in [4.69, 9.17) is 16.3 Å². The van der Waals surface area contributed by atoms with E-state index in [9.17, 15) is 9.59 Å². The molecule has 0 atom stereocenters. The Morgan fingerprint density at radius 2 is 1.68 bits per heavy atom. The molecule has 1 saturated heterocycles. The second-order valence-corrected chi connectivity index (χ2v) is 10.6. The first kappa shape index (κ1) is 27.7. The summed E-state index contributed by atoms with van der Waals surface area (Å²) in [7, 11) is 0. The predicted octanol–water partition coefficient (Wildman–Crippen LogP) is 6.33. The molecule has 2 aromatic heterocycles. The van der Waals surface area contributed by atoms with Crippen LogP contribution in [-0.2, 0) is 0 Å². The number of anilines is 2. The van der Waals surface area contributed by atoms with Crippen molar-refractivity contribution in [1.82, 2.24) is 20.1 Å². The van der Waals surface area contributed by atoms with Gasteiger partial charge in [0.25, 0.3) is 11.8 Å². The van der Waals surface area contributed by atoms with Gasteiger partial charge in [0, 0.05) is 37.7 Å². The second-order valence-electron chi connectivity index (χ2n) is 9.39. The molecule has 2 N–H and O–H groups in total. The van der Waals surface area contributed by atoms with Gasteiger partial charge in [-0.3, -0.25) is 9.78 Å². The Hall–Kier alpha value is -3.89. The lowest BCUT2D eigenvalue weighted by Crippen LogP contribution is -2.35. The van der Waals surface area contributed by atoms with Crippen molar-refractivity contribution in [2.24, 2.45) is 5.92 Å². The zero-order valence-corrected chi connectivity index (χ0v) is 23.9. The highest BCUT2D eigenvalue weighted by molar-refractivity contribution is 9.10. The summed E-state index contributed by atoms with van der Waals surface area (Å²) >= 11 is 9.68. The SMILES string of the molecule is O=C(NCCC1CCN(c2ccncc2)CC1)Oc1nn(-c2ccccc2)c(NC(=O)c2ccccc2Cl)c1Br. The average Bonchev–Trinajstić information content (AvgIpc) is 3.28. The molecule has 0 aliphatic carbocycles. The molecule has 1 aliphatic heterocycles. The molecule has 0 spiro atoms. The summed E-state index contributed by atoms with van der Waals surface area (Å²) in [6.45, 7) is 2.45. The first-order valence-electron chi connectivity index (χ1n) is 13.0. The van der Waals surface area contributed by atoms with Crippen molar-refractivity contribution in [1.29, 1.82) is 0 Å². The highest BCUT2D eigenvalue weighted by atomic mass is 79.9. The van der Waals surface area contributed by atoms with Crippen molar-refractivity contribution in [3.8, 4) is 11.6 Å². The standard InChI is InChI=1S/C29H28BrClN6O3/c30-25-26(34-27(38)23-8-4-5-9-24(23)31)37(22-6-2-1-3-7-22)35-28(25)40-29(39)33-17-10-20-13-18-36(19-14-20)21-11-15-32-16-12-21/h1-9,11-12,15-16,20H,10,13-14,17-19H2,(H,33,39)(H,34,38). The fourth-order valence-electron chi connectivity index (χ4n) is 4.67. The Morgan fingerprint density at radius 1 is 0.975 bits per heavy atom. The lowest BCUT2D eigenvalue weighted by molar-refractivity contribution is 0.102. The first-order chi connectivity index (χ1) is 19.5. The smallest absolute Gasteiger partial charge is 0.388 e. The number of hydrogen-bond donors (Lipinski definition) is 2. The lowest BCUT2D eigenvalue weighted by atomic mass is 9.93. The van der Waals surface area contributed by atoms with Gasteiger partial charge in [-0.1, -0.05) is 41.9 Å². The summed E-state index contributed by atoms with van der Waals surface area (Å²) in [6, 6.07) is 20.0. The van der Waals surface area contributed by atoms with E-state index < -0.39 is 12.0 Å². The first-order valence-corrected chi connectivity index (χ1v) is 14.2. The number of carbonyl (C=O) groups excluding carboxylic acids is 2. The molecule has 3 heterocycles. The molecular weight excluding hydrogens is 596 g/mol. The Morgan fingerprint density at radius 3 is 2.40 bits per heavy atom. The van der Waals surface area contributed by atoms with Crippen LogP contribution in [0.15, 0.2) is 83.6 Å². The van der Waals surface area contributed by atoms with Gasteiger partial charge >= 0.3 is 6.09 Å². The number of ether oxygens (including phenoxy) is 1. The summed E-state index contributed by atoms with van der Waals surface area (Å²) < 4.78 is 7.37. The summed E-state index contributed by atoms with van der Waals surface area (Å²) in [5.74, 6) is 0.435.